The van der Waals surface area contributed by atoms with E-state index in [-0.39, 0.29) is 0 Å². The molecule has 122 valence electrons. The maximum Gasteiger partial charge on any atom is 0.336 e. The highest BCUT2D eigenvalue weighted by molar-refractivity contribution is 5.92. The third kappa shape index (κ3) is 5.81. The lowest BCUT2D eigenvalue weighted by atomic mass is 10.2. The highest BCUT2D eigenvalue weighted by Gasteiger charge is 2.05. The number of benzene rings is 2. The Labute approximate surface area is 139 Å². The van der Waals surface area contributed by atoms with Crippen LogP contribution in [0.25, 0.3) is 6.08 Å². The van der Waals surface area contributed by atoms with Gasteiger partial charge in [0.1, 0.15) is 18.1 Å². The Hall–Kier alpha value is -3.34. The minimum atomic E-state index is -1.21. The third-order valence-corrected chi connectivity index (χ3v) is 2.88. The quantitative estimate of drug-likeness (QED) is 0.480. The van der Waals surface area contributed by atoms with E-state index in [0.717, 1.165) is 17.9 Å². The molecule has 0 saturated carbocycles. The highest BCUT2D eigenvalue weighted by atomic mass is 16.5. The topological polar surface area (TPSA) is 72.8 Å². The maximum absolute atomic E-state index is 11.6. The number of carboxylic acid groups (broad SMARTS) is 1. The van der Waals surface area contributed by atoms with Gasteiger partial charge in [0.2, 0.25) is 0 Å². The maximum atomic E-state index is 11.6. The van der Waals surface area contributed by atoms with Crippen molar-refractivity contribution in [2.24, 2.45) is 0 Å². The summed E-state index contributed by atoms with van der Waals surface area (Å²) in [5.41, 5.74) is 0.686. The monoisotopic (exact) mass is 324 g/mol. The number of aliphatic carboxylic acids is 1. The molecule has 0 heterocycles. The number of carbonyl (C=O) groups is 2. The van der Waals surface area contributed by atoms with E-state index in [1.807, 2.05) is 36.4 Å². The van der Waals surface area contributed by atoms with Crippen LogP contribution in [0, 0.1) is 0 Å². The molecule has 0 spiro atoms. The van der Waals surface area contributed by atoms with Crippen LogP contribution < -0.4 is 9.47 Å². The number of ether oxygens (including phenoxy) is 2. The largest absolute Gasteiger partial charge is 0.490 e. The van der Waals surface area contributed by atoms with Gasteiger partial charge in [-0.3, -0.25) is 0 Å². The van der Waals surface area contributed by atoms with E-state index in [1.165, 1.54) is 0 Å². The summed E-state index contributed by atoms with van der Waals surface area (Å²) < 4.78 is 10.7. The normalized spacial score (nSPS) is 10.8. The molecule has 0 bridgehead atoms. The molecular weight excluding hydrogens is 308 g/mol. The van der Waals surface area contributed by atoms with Gasteiger partial charge in [-0.25, -0.2) is 9.59 Å². The van der Waals surface area contributed by atoms with Crippen molar-refractivity contribution in [2.75, 3.05) is 6.61 Å². The Bertz CT molecular complexity index is 747. The van der Waals surface area contributed by atoms with Crippen molar-refractivity contribution >= 4 is 18.0 Å². The van der Waals surface area contributed by atoms with Crippen LogP contribution in [-0.4, -0.2) is 23.7 Å². The van der Waals surface area contributed by atoms with Gasteiger partial charge in [-0.1, -0.05) is 42.5 Å². The molecule has 5 heteroatoms. The summed E-state index contributed by atoms with van der Waals surface area (Å²) >= 11 is 0. The molecule has 0 amide bonds. The van der Waals surface area contributed by atoms with Gasteiger partial charge < -0.3 is 14.6 Å². The number of hydrogen-bond acceptors (Lipinski definition) is 4. The van der Waals surface area contributed by atoms with Gasteiger partial charge in [0, 0.05) is 17.7 Å². The molecule has 2 rings (SSSR count). The van der Waals surface area contributed by atoms with E-state index < -0.39 is 11.9 Å². The van der Waals surface area contributed by atoms with E-state index in [9.17, 15) is 9.59 Å². The number of rotatable bonds is 7. The number of hydrogen-bond donors (Lipinski definition) is 1. The summed E-state index contributed by atoms with van der Waals surface area (Å²) in [6.45, 7) is 0.366. The number of carboxylic acids is 1. The fraction of sp³-hybridized carbons (Fsp3) is 0.0526. The van der Waals surface area contributed by atoms with E-state index in [4.69, 9.17) is 14.6 Å². The predicted octanol–water partition coefficient (Wildman–Crippen LogP) is 3.33. The van der Waals surface area contributed by atoms with Crippen LogP contribution in [0.5, 0.6) is 11.5 Å². The first-order valence-corrected chi connectivity index (χ1v) is 7.21. The second-order valence-electron chi connectivity index (χ2n) is 4.66. The lowest BCUT2D eigenvalue weighted by Gasteiger charge is -2.05. The van der Waals surface area contributed by atoms with E-state index >= 15 is 0 Å². The Kier molecular flexibility index (Phi) is 6.35. The van der Waals surface area contributed by atoms with Gasteiger partial charge in [-0.05, 0) is 24.3 Å². The Morgan fingerprint density at radius 2 is 1.67 bits per heavy atom. The van der Waals surface area contributed by atoms with Crippen molar-refractivity contribution < 1.29 is 24.2 Å². The fourth-order valence-electron chi connectivity index (χ4n) is 1.83. The molecule has 24 heavy (non-hydrogen) atoms. The second-order valence-corrected chi connectivity index (χ2v) is 4.66. The SMILES string of the molecule is O=C(O)/C=C\C(=O)Oc1ccccc1C=CCOc1ccccc1. The average Bonchev–Trinajstić information content (AvgIpc) is 2.59. The molecule has 0 fully saturated rings. The molecule has 5 nitrogen and oxygen atoms in total. The van der Waals surface area contributed by atoms with Gasteiger partial charge in [-0.15, -0.1) is 0 Å². The minimum Gasteiger partial charge on any atom is -0.490 e. The molecule has 0 aromatic heterocycles. The number of para-hydroxylation sites is 2. The molecule has 2 aromatic carbocycles. The summed E-state index contributed by atoms with van der Waals surface area (Å²) in [5.74, 6) is -0.855. The Morgan fingerprint density at radius 3 is 2.42 bits per heavy atom. The van der Waals surface area contributed by atoms with Crippen molar-refractivity contribution in [3.63, 3.8) is 0 Å². The smallest absolute Gasteiger partial charge is 0.336 e. The van der Waals surface area contributed by atoms with Crippen molar-refractivity contribution in [2.45, 2.75) is 0 Å². The van der Waals surface area contributed by atoms with E-state index in [2.05, 4.69) is 0 Å². The van der Waals surface area contributed by atoms with Crippen LogP contribution in [0.3, 0.4) is 0 Å². The predicted molar refractivity (Wildman–Crippen MR) is 89.8 cm³/mol. The average molecular weight is 324 g/mol. The van der Waals surface area contributed by atoms with Gasteiger partial charge >= 0.3 is 11.9 Å². The van der Waals surface area contributed by atoms with Crippen LogP contribution in [0.2, 0.25) is 0 Å². The zero-order valence-electron chi connectivity index (χ0n) is 12.8. The van der Waals surface area contributed by atoms with Crippen molar-refractivity contribution in [3.8, 4) is 11.5 Å². The van der Waals surface area contributed by atoms with E-state index in [1.54, 1.807) is 30.4 Å². The molecule has 0 unspecified atom stereocenters. The zero-order chi connectivity index (χ0) is 17.2. The third-order valence-electron chi connectivity index (χ3n) is 2.88. The molecule has 0 aliphatic rings. The lowest BCUT2D eigenvalue weighted by molar-refractivity contribution is -0.133. The highest BCUT2D eigenvalue weighted by Crippen LogP contribution is 2.20. The molecule has 0 radical (unpaired) electrons. The van der Waals surface area contributed by atoms with Crippen LogP contribution in [0.1, 0.15) is 5.56 Å². The van der Waals surface area contributed by atoms with Gasteiger partial charge in [0.25, 0.3) is 0 Å². The zero-order valence-corrected chi connectivity index (χ0v) is 12.8. The van der Waals surface area contributed by atoms with Crippen molar-refractivity contribution in [1.29, 1.82) is 0 Å². The molecule has 1 N–H and O–H groups in total. The van der Waals surface area contributed by atoms with Crippen LogP contribution in [-0.2, 0) is 9.59 Å². The summed E-state index contributed by atoms with van der Waals surface area (Å²) in [6, 6.07) is 16.3. The first-order chi connectivity index (χ1) is 11.6. The standard InChI is InChI=1S/C19H16O5/c20-18(21)12-13-19(22)24-17-11-5-4-7-15(17)8-6-14-23-16-9-2-1-3-10-16/h1-13H,14H2,(H,20,21)/b8-6?,13-12-. The minimum absolute atomic E-state index is 0.341. The molecule has 0 atom stereocenters. The summed E-state index contributed by atoms with van der Waals surface area (Å²) in [4.78, 5) is 22.0. The van der Waals surface area contributed by atoms with Crippen LogP contribution in [0.15, 0.2) is 72.8 Å². The second kappa shape index (κ2) is 8.95. The number of carbonyl (C=O) groups excluding carboxylic acids is 1. The summed E-state index contributed by atoms with van der Waals surface area (Å²) in [6.07, 6.45) is 5.16. The summed E-state index contributed by atoms with van der Waals surface area (Å²) in [7, 11) is 0. The number of esters is 1. The first-order valence-electron chi connectivity index (χ1n) is 7.21. The molecular formula is C19H16O5. The summed E-state index contributed by atoms with van der Waals surface area (Å²) in [5, 5.41) is 8.50. The van der Waals surface area contributed by atoms with Gasteiger partial charge in [0.05, 0.1) is 0 Å². The molecule has 0 aliphatic heterocycles. The molecule has 2 aromatic rings. The van der Waals surface area contributed by atoms with Crippen LogP contribution >= 0.6 is 0 Å². The van der Waals surface area contributed by atoms with Crippen molar-refractivity contribution in [1.82, 2.24) is 0 Å². The lowest BCUT2D eigenvalue weighted by Crippen LogP contribution is -2.06. The van der Waals surface area contributed by atoms with Crippen molar-refractivity contribution in [3.05, 3.63) is 78.4 Å². The van der Waals surface area contributed by atoms with Gasteiger partial charge in [0.15, 0.2) is 0 Å². The first kappa shape index (κ1) is 17.0. The van der Waals surface area contributed by atoms with Gasteiger partial charge in [-0.2, -0.15) is 0 Å². The van der Waals surface area contributed by atoms with Crippen LogP contribution in [0.4, 0.5) is 0 Å². The Balaban J connectivity index is 1.96. The molecule has 0 aliphatic carbocycles. The van der Waals surface area contributed by atoms with E-state index in [0.29, 0.717) is 17.9 Å². The Morgan fingerprint density at radius 1 is 0.958 bits per heavy atom. The molecule has 0 saturated heterocycles. The fourth-order valence-corrected chi connectivity index (χ4v) is 1.83.